The molecule has 4 rings (SSSR count). The molecule has 0 aliphatic heterocycles. The first-order valence-electron chi connectivity index (χ1n) is 12.8. The van der Waals surface area contributed by atoms with Gasteiger partial charge in [-0.15, -0.1) is 0 Å². The third-order valence-electron chi connectivity index (χ3n) is 7.66. The number of rotatable bonds is 9. The summed E-state index contributed by atoms with van der Waals surface area (Å²) >= 11 is 0. The van der Waals surface area contributed by atoms with E-state index in [1.165, 1.54) is 37.3 Å². The maximum absolute atomic E-state index is 15.2. The Morgan fingerprint density at radius 3 is 2.11 bits per heavy atom. The van der Waals surface area contributed by atoms with Crippen LogP contribution in [0.5, 0.6) is 0 Å². The van der Waals surface area contributed by atoms with Crippen LogP contribution in [0.25, 0.3) is 10.8 Å². The van der Waals surface area contributed by atoms with Crippen LogP contribution in [0.15, 0.2) is 48.5 Å². The lowest BCUT2D eigenvalue weighted by Gasteiger charge is -2.28. The van der Waals surface area contributed by atoms with Crippen LogP contribution in [0.3, 0.4) is 0 Å². The third kappa shape index (κ3) is 6.64. The van der Waals surface area contributed by atoms with Gasteiger partial charge >= 0.3 is 6.18 Å². The van der Waals surface area contributed by atoms with Crippen molar-refractivity contribution in [2.45, 2.75) is 64.0 Å². The van der Waals surface area contributed by atoms with Crippen molar-refractivity contribution in [3.8, 4) is 0 Å². The number of ether oxygens (including phenoxy) is 1. The van der Waals surface area contributed by atoms with Crippen molar-refractivity contribution in [3.63, 3.8) is 0 Å². The second-order valence-electron chi connectivity index (χ2n) is 10.1. The van der Waals surface area contributed by atoms with Gasteiger partial charge in [0.25, 0.3) is 0 Å². The maximum Gasteiger partial charge on any atom is 0.419 e. The molecule has 0 saturated heterocycles. The average Bonchev–Trinajstić information content (AvgIpc) is 2.85. The van der Waals surface area contributed by atoms with E-state index in [4.69, 9.17) is 4.74 Å². The maximum atomic E-state index is 15.2. The number of benzene rings is 3. The van der Waals surface area contributed by atoms with Crippen LogP contribution in [0.4, 0.5) is 22.0 Å². The summed E-state index contributed by atoms with van der Waals surface area (Å²) < 4.78 is 72.5. The Kier molecular flexibility index (Phi) is 8.66. The average molecular weight is 505 g/mol. The highest BCUT2D eigenvalue weighted by atomic mass is 19.4. The highest BCUT2D eigenvalue weighted by Crippen LogP contribution is 2.34. The molecule has 6 heteroatoms. The van der Waals surface area contributed by atoms with Gasteiger partial charge in [-0.1, -0.05) is 62.1 Å². The van der Waals surface area contributed by atoms with E-state index in [-0.39, 0.29) is 18.7 Å². The molecule has 1 saturated carbocycles. The number of halogens is 5. The molecule has 36 heavy (non-hydrogen) atoms. The quantitative estimate of drug-likeness (QED) is 0.265. The Morgan fingerprint density at radius 2 is 1.44 bits per heavy atom. The number of alkyl halides is 3. The predicted molar refractivity (Wildman–Crippen MR) is 133 cm³/mol. The molecular formula is C30H33F5O. The van der Waals surface area contributed by atoms with Gasteiger partial charge in [-0.3, -0.25) is 0 Å². The number of methoxy groups -OCH3 is 1. The van der Waals surface area contributed by atoms with E-state index < -0.39 is 17.6 Å². The van der Waals surface area contributed by atoms with Crippen LogP contribution in [0, 0.1) is 23.5 Å². The second-order valence-corrected chi connectivity index (χ2v) is 10.1. The molecule has 1 aliphatic carbocycles. The Morgan fingerprint density at radius 1 is 0.778 bits per heavy atom. The molecule has 3 aromatic carbocycles. The molecule has 0 heterocycles. The number of fused-ring (bicyclic) bond motifs is 1. The largest absolute Gasteiger partial charge is 0.419 e. The van der Waals surface area contributed by atoms with Crippen molar-refractivity contribution >= 4 is 10.8 Å². The van der Waals surface area contributed by atoms with E-state index in [0.29, 0.717) is 16.5 Å². The zero-order valence-electron chi connectivity index (χ0n) is 20.6. The van der Waals surface area contributed by atoms with Crippen molar-refractivity contribution in [3.05, 3.63) is 82.4 Å². The molecule has 1 fully saturated rings. The molecule has 0 N–H and O–H groups in total. The molecule has 194 valence electrons. The van der Waals surface area contributed by atoms with Gasteiger partial charge in [0.15, 0.2) is 0 Å². The zero-order valence-corrected chi connectivity index (χ0v) is 20.6. The van der Waals surface area contributed by atoms with E-state index in [1.807, 2.05) is 18.2 Å². The van der Waals surface area contributed by atoms with E-state index >= 15 is 4.39 Å². The molecule has 0 aromatic heterocycles. The van der Waals surface area contributed by atoms with Crippen LogP contribution in [0.2, 0.25) is 0 Å². The molecular weight excluding hydrogens is 471 g/mol. The van der Waals surface area contributed by atoms with Gasteiger partial charge in [-0.25, -0.2) is 8.78 Å². The molecule has 0 amide bonds. The molecule has 1 nitrogen and oxygen atoms in total. The Labute approximate surface area is 209 Å². The fourth-order valence-electron chi connectivity index (χ4n) is 5.42. The van der Waals surface area contributed by atoms with E-state index in [9.17, 15) is 17.6 Å². The molecule has 0 spiro atoms. The fourth-order valence-corrected chi connectivity index (χ4v) is 5.42. The van der Waals surface area contributed by atoms with Gasteiger partial charge in [0.1, 0.15) is 11.6 Å². The van der Waals surface area contributed by atoms with E-state index in [0.717, 1.165) is 55.2 Å². The summed E-state index contributed by atoms with van der Waals surface area (Å²) in [5.41, 5.74) is 0.800. The summed E-state index contributed by atoms with van der Waals surface area (Å²) in [6.45, 7) is 0.846. The Bertz CT molecular complexity index is 1160. The lowest BCUT2D eigenvalue weighted by Crippen LogP contribution is -2.16. The molecule has 1 aliphatic rings. The van der Waals surface area contributed by atoms with Gasteiger partial charge in [0.2, 0.25) is 0 Å². The smallest absolute Gasteiger partial charge is 0.385 e. The third-order valence-corrected chi connectivity index (χ3v) is 7.66. The standard InChI is InChI=1S/C30H33F5O/c1-36-17-16-21-4-2-20(3-5-21)6-7-22-9-14-26-25(18-22)13-12-24(29(26)32)11-8-23-10-15-27(28(31)19-23)30(33,34)35/h9-10,12-15,18-21H,2-8,11,16-17H2,1H3. The summed E-state index contributed by atoms with van der Waals surface area (Å²) in [6.07, 6.45) is 4.17. The molecule has 0 radical (unpaired) electrons. The van der Waals surface area contributed by atoms with Crippen LogP contribution in [-0.4, -0.2) is 13.7 Å². The van der Waals surface area contributed by atoms with Gasteiger partial charge in [-0.05, 0) is 78.1 Å². The molecule has 3 aromatic rings. The predicted octanol–water partition coefficient (Wildman–Crippen LogP) is 8.70. The van der Waals surface area contributed by atoms with Gasteiger partial charge in [0, 0.05) is 19.1 Å². The Balaban J connectivity index is 1.35. The van der Waals surface area contributed by atoms with E-state index in [1.54, 1.807) is 13.2 Å². The Hall–Kier alpha value is -2.47. The van der Waals surface area contributed by atoms with Gasteiger partial charge in [0.05, 0.1) is 5.56 Å². The summed E-state index contributed by atoms with van der Waals surface area (Å²) in [7, 11) is 1.76. The number of aryl methyl sites for hydroxylation is 3. The minimum Gasteiger partial charge on any atom is -0.385 e. The van der Waals surface area contributed by atoms with Crippen molar-refractivity contribution in [1.82, 2.24) is 0 Å². The van der Waals surface area contributed by atoms with Gasteiger partial charge in [-0.2, -0.15) is 13.2 Å². The molecule has 0 atom stereocenters. The van der Waals surface area contributed by atoms with Crippen molar-refractivity contribution < 1.29 is 26.7 Å². The summed E-state index contributed by atoms with van der Waals surface area (Å²) in [5.74, 6) is -0.0857. The van der Waals surface area contributed by atoms with Crippen molar-refractivity contribution in [2.75, 3.05) is 13.7 Å². The molecule has 0 unspecified atom stereocenters. The lowest BCUT2D eigenvalue weighted by molar-refractivity contribution is -0.140. The lowest BCUT2D eigenvalue weighted by atomic mass is 9.78. The van der Waals surface area contributed by atoms with Crippen LogP contribution >= 0.6 is 0 Å². The van der Waals surface area contributed by atoms with Crippen molar-refractivity contribution in [1.29, 1.82) is 0 Å². The van der Waals surface area contributed by atoms with Crippen molar-refractivity contribution in [2.24, 2.45) is 11.8 Å². The monoisotopic (exact) mass is 504 g/mol. The summed E-state index contributed by atoms with van der Waals surface area (Å²) in [4.78, 5) is 0. The number of hydrogen-bond acceptors (Lipinski definition) is 1. The van der Waals surface area contributed by atoms with Crippen LogP contribution in [0.1, 0.15) is 60.8 Å². The second kappa shape index (κ2) is 11.7. The minimum absolute atomic E-state index is 0.253. The number of hydrogen-bond donors (Lipinski definition) is 0. The topological polar surface area (TPSA) is 9.23 Å². The molecule has 0 bridgehead atoms. The van der Waals surface area contributed by atoms with E-state index in [2.05, 4.69) is 6.07 Å². The highest BCUT2D eigenvalue weighted by Gasteiger charge is 2.33. The fraction of sp³-hybridized carbons (Fsp3) is 0.467. The summed E-state index contributed by atoms with van der Waals surface area (Å²) in [5, 5.41) is 1.38. The van der Waals surface area contributed by atoms with Crippen LogP contribution in [-0.2, 0) is 30.2 Å². The first-order chi connectivity index (χ1) is 17.2. The minimum atomic E-state index is -4.73. The SMILES string of the molecule is COCCC1CCC(CCc2ccc3c(F)c(CCc4ccc(C(F)(F)F)c(F)c4)ccc3c2)CC1. The first kappa shape index (κ1) is 26.6. The zero-order chi connectivity index (χ0) is 25.7. The first-order valence-corrected chi connectivity index (χ1v) is 12.8. The van der Waals surface area contributed by atoms with Crippen LogP contribution < -0.4 is 0 Å². The highest BCUT2D eigenvalue weighted by molar-refractivity contribution is 5.84. The summed E-state index contributed by atoms with van der Waals surface area (Å²) in [6, 6.07) is 12.4. The van der Waals surface area contributed by atoms with Gasteiger partial charge < -0.3 is 4.74 Å². The normalized spacial score (nSPS) is 18.6.